The minimum atomic E-state index is -3.52. The Morgan fingerprint density at radius 1 is 1.31 bits per heavy atom. The molecule has 0 bridgehead atoms. The van der Waals surface area contributed by atoms with E-state index >= 15 is 0 Å². The average molecular weight is 239 g/mol. The topological polar surface area (TPSA) is 77.2 Å². The molecule has 1 aromatic carbocycles. The second-order valence-electron chi connectivity index (χ2n) is 3.54. The van der Waals surface area contributed by atoms with Crippen LogP contribution >= 0.6 is 0 Å². The number of benzene rings is 1. The van der Waals surface area contributed by atoms with Crippen LogP contribution < -0.4 is 5.73 Å². The Bertz CT molecular complexity index is 515. The summed E-state index contributed by atoms with van der Waals surface area (Å²) in [5, 5.41) is 0. The van der Waals surface area contributed by atoms with E-state index in [1.807, 2.05) is 6.92 Å². The molecule has 0 aliphatic heterocycles. The third kappa shape index (κ3) is 2.93. The molecule has 0 spiro atoms. The Labute approximate surface area is 94.7 Å². The highest BCUT2D eigenvalue weighted by Gasteiger charge is 2.17. The number of aryl methyl sites for hydroxylation is 1. The van der Waals surface area contributed by atoms with Gasteiger partial charge in [-0.3, -0.25) is 4.79 Å². The van der Waals surface area contributed by atoms with Crippen LogP contribution in [0.1, 0.15) is 5.56 Å². The molecule has 1 aromatic rings. The molecule has 0 aliphatic carbocycles. The van der Waals surface area contributed by atoms with Crippen LogP contribution in [0.2, 0.25) is 0 Å². The minimum absolute atomic E-state index is 0.111. The van der Waals surface area contributed by atoms with Crippen molar-refractivity contribution in [1.82, 2.24) is 0 Å². The second-order valence-corrected chi connectivity index (χ2v) is 5.53. The first-order chi connectivity index (χ1) is 7.33. The molecule has 5 heteroatoms. The van der Waals surface area contributed by atoms with E-state index in [9.17, 15) is 13.2 Å². The number of amides is 1. The van der Waals surface area contributed by atoms with E-state index in [1.165, 1.54) is 12.1 Å². The maximum absolute atomic E-state index is 11.8. The van der Waals surface area contributed by atoms with Gasteiger partial charge in [-0.25, -0.2) is 8.42 Å². The van der Waals surface area contributed by atoms with Gasteiger partial charge in [0.25, 0.3) is 0 Å². The highest BCUT2D eigenvalue weighted by atomic mass is 32.2. The maximum atomic E-state index is 11.8. The van der Waals surface area contributed by atoms with Gasteiger partial charge >= 0.3 is 0 Å². The van der Waals surface area contributed by atoms with Gasteiger partial charge in [0, 0.05) is 5.57 Å². The van der Waals surface area contributed by atoms with Gasteiger partial charge in [-0.1, -0.05) is 24.3 Å². The summed E-state index contributed by atoms with van der Waals surface area (Å²) >= 11 is 0. The molecular formula is C11H13NO3S. The lowest BCUT2D eigenvalue weighted by atomic mass is 10.2. The van der Waals surface area contributed by atoms with Gasteiger partial charge in [-0.2, -0.15) is 0 Å². The number of carbonyl (C=O) groups excluding carboxylic acids is 1. The summed E-state index contributed by atoms with van der Waals surface area (Å²) in [6.07, 6.45) is 0. The van der Waals surface area contributed by atoms with Crippen LogP contribution in [0, 0.1) is 6.92 Å². The lowest BCUT2D eigenvalue weighted by Gasteiger charge is -2.04. The molecule has 0 aliphatic rings. The highest BCUT2D eigenvalue weighted by molar-refractivity contribution is 7.91. The predicted molar refractivity (Wildman–Crippen MR) is 61.6 cm³/mol. The first-order valence-corrected chi connectivity index (χ1v) is 6.25. The van der Waals surface area contributed by atoms with E-state index in [1.54, 1.807) is 12.1 Å². The summed E-state index contributed by atoms with van der Waals surface area (Å²) in [6, 6.07) is 6.39. The summed E-state index contributed by atoms with van der Waals surface area (Å²) in [6.45, 7) is 5.19. The first-order valence-electron chi connectivity index (χ1n) is 4.60. The van der Waals surface area contributed by atoms with Crippen LogP contribution in [0.25, 0.3) is 0 Å². The molecule has 0 heterocycles. The average Bonchev–Trinajstić information content (AvgIpc) is 2.17. The van der Waals surface area contributed by atoms with E-state index in [0.29, 0.717) is 0 Å². The standard InChI is InChI=1S/C11H13NO3S/c1-8-3-5-10(6-4-8)16(14,15)7-9(2)11(12)13/h3-6H,2,7H2,1H3,(H2,12,13). The van der Waals surface area contributed by atoms with E-state index in [4.69, 9.17) is 5.73 Å². The van der Waals surface area contributed by atoms with Crippen LogP contribution in [0.3, 0.4) is 0 Å². The summed E-state index contributed by atoms with van der Waals surface area (Å²) < 4.78 is 23.6. The monoisotopic (exact) mass is 239 g/mol. The molecule has 0 atom stereocenters. The van der Waals surface area contributed by atoms with Gasteiger partial charge in [0.05, 0.1) is 10.6 Å². The third-order valence-corrected chi connectivity index (χ3v) is 3.81. The number of nitrogens with two attached hydrogens (primary N) is 1. The SMILES string of the molecule is C=C(CS(=O)(=O)c1ccc(C)cc1)C(N)=O. The number of hydrogen-bond donors (Lipinski definition) is 1. The van der Waals surface area contributed by atoms with Crippen molar-refractivity contribution in [3.8, 4) is 0 Å². The second kappa shape index (κ2) is 4.49. The van der Waals surface area contributed by atoms with Crippen LogP contribution in [0.4, 0.5) is 0 Å². The Morgan fingerprint density at radius 3 is 2.25 bits per heavy atom. The van der Waals surface area contributed by atoms with Crippen LogP contribution in [-0.2, 0) is 14.6 Å². The van der Waals surface area contributed by atoms with Crippen LogP contribution in [-0.4, -0.2) is 20.1 Å². The molecule has 86 valence electrons. The van der Waals surface area contributed by atoms with Gasteiger partial charge in [0.2, 0.25) is 5.91 Å². The third-order valence-electron chi connectivity index (χ3n) is 2.09. The van der Waals surface area contributed by atoms with Gasteiger partial charge < -0.3 is 5.73 Å². The number of rotatable bonds is 4. The molecule has 16 heavy (non-hydrogen) atoms. The summed E-state index contributed by atoms with van der Waals surface area (Å²) in [4.78, 5) is 10.9. The molecule has 2 N–H and O–H groups in total. The van der Waals surface area contributed by atoms with Gasteiger partial charge in [0.15, 0.2) is 9.84 Å². The zero-order valence-corrected chi connectivity index (χ0v) is 9.75. The Balaban J connectivity index is 2.99. The van der Waals surface area contributed by atoms with Crippen molar-refractivity contribution in [1.29, 1.82) is 0 Å². The Hall–Kier alpha value is -1.62. The Kier molecular flexibility index (Phi) is 3.49. The van der Waals surface area contributed by atoms with Crippen molar-refractivity contribution in [3.05, 3.63) is 42.0 Å². The summed E-state index contributed by atoms with van der Waals surface area (Å²) in [7, 11) is -3.52. The lowest BCUT2D eigenvalue weighted by Crippen LogP contribution is -2.20. The van der Waals surface area contributed by atoms with E-state index in [-0.39, 0.29) is 10.5 Å². The molecule has 0 radical (unpaired) electrons. The van der Waals surface area contributed by atoms with Crippen molar-refractivity contribution in [2.24, 2.45) is 5.73 Å². The van der Waals surface area contributed by atoms with E-state index in [0.717, 1.165) is 5.56 Å². The quantitative estimate of drug-likeness (QED) is 0.790. The fourth-order valence-electron chi connectivity index (χ4n) is 1.13. The zero-order valence-electron chi connectivity index (χ0n) is 8.93. The van der Waals surface area contributed by atoms with Crippen molar-refractivity contribution in [2.45, 2.75) is 11.8 Å². The molecule has 1 rings (SSSR count). The van der Waals surface area contributed by atoms with Crippen molar-refractivity contribution in [3.63, 3.8) is 0 Å². The van der Waals surface area contributed by atoms with Gasteiger partial charge in [-0.15, -0.1) is 0 Å². The molecule has 4 nitrogen and oxygen atoms in total. The van der Waals surface area contributed by atoms with Crippen molar-refractivity contribution in [2.75, 3.05) is 5.75 Å². The number of hydrogen-bond acceptors (Lipinski definition) is 3. The number of sulfone groups is 1. The highest BCUT2D eigenvalue weighted by Crippen LogP contribution is 2.14. The zero-order chi connectivity index (χ0) is 12.3. The molecule has 0 unspecified atom stereocenters. The molecule has 0 saturated carbocycles. The van der Waals surface area contributed by atoms with Gasteiger partial charge in [0.1, 0.15) is 0 Å². The van der Waals surface area contributed by atoms with Crippen LogP contribution in [0.5, 0.6) is 0 Å². The number of carbonyl (C=O) groups is 1. The summed E-state index contributed by atoms with van der Waals surface area (Å²) in [5.74, 6) is -1.23. The fourth-order valence-corrected chi connectivity index (χ4v) is 2.45. The van der Waals surface area contributed by atoms with Gasteiger partial charge in [-0.05, 0) is 19.1 Å². The Morgan fingerprint density at radius 2 is 1.81 bits per heavy atom. The summed E-state index contributed by atoms with van der Waals surface area (Å²) in [5.41, 5.74) is 5.80. The van der Waals surface area contributed by atoms with E-state index < -0.39 is 21.5 Å². The normalized spacial score (nSPS) is 11.1. The smallest absolute Gasteiger partial charge is 0.245 e. The van der Waals surface area contributed by atoms with Crippen LogP contribution in [0.15, 0.2) is 41.3 Å². The largest absolute Gasteiger partial charge is 0.366 e. The van der Waals surface area contributed by atoms with E-state index in [2.05, 4.69) is 6.58 Å². The lowest BCUT2D eigenvalue weighted by molar-refractivity contribution is -0.114. The predicted octanol–water partition coefficient (Wildman–Crippen LogP) is 0.810. The molecular weight excluding hydrogens is 226 g/mol. The van der Waals surface area contributed by atoms with Crippen molar-refractivity contribution >= 4 is 15.7 Å². The van der Waals surface area contributed by atoms with Crippen molar-refractivity contribution < 1.29 is 13.2 Å². The fraction of sp³-hybridized carbons (Fsp3) is 0.182. The molecule has 0 saturated heterocycles. The molecule has 0 fully saturated rings. The molecule has 0 aromatic heterocycles. The minimum Gasteiger partial charge on any atom is -0.366 e. The first kappa shape index (κ1) is 12.4. The maximum Gasteiger partial charge on any atom is 0.245 e. The molecule has 1 amide bonds. The number of primary amides is 1.